The van der Waals surface area contributed by atoms with Crippen LogP contribution in [0.15, 0.2) is 58.7 Å². The molecule has 0 amide bonds. The molecule has 5 heteroatoms. The monoisotopic (exact) mass is 339 g/mol. The Kier molecular flexibility index (Phi) is 7.01. The third-order valence-electron chi connectivity index (χ3n) is 3.81. The van der Waals surface area contributed by atoms with Crippen molar-refractivity contribution < 1.29 is 9.57 Å². The van der Waals surface area contributed by atoms with Gasteiger partial charge in [0.1, 0.15) is 25.3 Å². The number of rotatable bonds is 8. The van der Waals surface area contributed by atoms with E-state index in [1.54, 1.807) is 7.05 Å². The molecule has 0 aliphatic heterocycles. The lowest BCUT2D eigenvalue weighted by Crippen LogP contribution is -2.26. The van der Waals surface area contributed by atoms with Crippen molar-refractivity contribution >= 4 is 11.5 Å². The molecule has 0 atom stereocenters. The smallest absolute Gasteiger partial charge is 0.152 e. The Balaban J connectivity index is 2.29. The number of ether oxygens (including phenoxy) is 1. The Morgan fingerprint density at radius 3 is 2.40 bits per heavy atom. The van der Waals surface area contributed by atoms with E-state index in [1.165, 1.54) is 12.7 Å². The second-order valence-corrected chi connectivity index (χ2v) is 5.53. The van der Waals surface area contributed by atoms with Crippen molar-refractivity contribution in [2.75, 3.05) is 14.2 Å². The van der Waals surface area contributed by atoms with Crippen molar-refractivity contribution in [1.82, 2.24) is 0 Å². The molecule has 2 aromatic carbocycles. The lowest BCUT2D eigenvalue weighted by molar-refractivity contribution is 0.214. The Labute approximate surface area is 149 Å². The van der Waals surface area contributed by atoms with Crippen molar-refractivity contribution in [2.24, 2.45) is 15.9 Å². The van der Waals surface area contributed by atoms with E-state index in [1.807, 2.05) is 42.5 Å². The van der Waals surface area contributed by atoms with Gasteiger partial charge >= 0.3 is 0 Å². The van der Waals surface area contributed by atoms with Gasteiger partial charge in [-0.1, -0.05) is 61.0 Å². The molecule has 0 saturated carbocycles. The van der Waals surface area contributed by atoms with Crippen LogP contribution in [-0.2, 0) is 17.9 Å². The van der Waals surface area contributed by atoms with Crippen LogP contribution in [0.25, 0.3) is 0 Å². The van der Waals surface area contributed by atoms with Gasteiger partial charge in [0, 0.05) is 12.6 Å². The molecule has 0 aliphatic carbocycles. The van der Waals surface area contributed by atoms with Gasteiger partial charge in [-0.2, -0.15) is 0 Å². The quantitative estimate of drug-likeness (QED) is 0.454. The number of amidine groups is 1. The van der Waals surface area contributed by atoms with Crippen LogP contribution in [0.1, 0.15) is 30.0 Å². The van der Waals surface area contributed by atoms with Crippen LogP contribution in [0.5, 0.6) is 5.75 Å². The first kappa shape index (κ1) is 18.5. The Morgan fingerprint density at radius 2 is 1.72 bits per heavy atom. The fraction of sp³-hybridized carbons (Fsp3) is 0.300. The average Bonchev–Trinajstić information content (AvgIpc) is 2.65. The number of hydrogen-bond donors (Lipinski definition) is 1. The molecular weight excluding hydrogens is 314 g/mol. The maximum atomic E-state index is 6.08. The molecule has 0 heterocycles. The lowest BCUT2D eigenvalue weighted by atomic mass is 10.0. The fourth-order valence-electron chi connectivity index (χ4n) is 2.58. The Bertz CT molecular complexity index is 754. The van der Waals surface area contributed by atoms with Crippen molar-refractivity contribution in [3.8, 4) is 5.75 Å². The van der Waals surface area contributed by atoms with Gasteiger partial charge in [-0.05, 0) is 23.6 Å². The van der Waals surface area contributed by atoms with Crippen molar-refractivity contribution in [3.05, 3.63) is 65.2 Å². The third-order valence-corrected chi connectivity index (χ3v) is 3.81. The predicted octanol–water partition coefficient (Wildman–Crippen LogP) is 3.56. The number of nitrogens with two attached hydrogens (primary N) is 1. The van der Waals surface area contributed by atoms with Crippen molar-refractivity contribution in [3.63, 3.8) is 0 Å². The van der Waals surface area contributed by atoms with Crippen LogP contribution in [0, 0.1) is 0 Å². The van der Waals surface area contributed by atoms with E-state index in [0.717, 1.165) is 29.7 Å². The lowest BCUT2D eigenvalue weighted by Gasteiger charge is -2.14. The Hall–Kier alpha value is -2.82. The summed E-state index contributed by atoms with van der Waals surface area (Å²) in [4.78, 5) is 8.96. The van der Waals surface area contributed by atoms with Gasteiger partial charge in [0.25, 0.3) is 0 Å². The van der Waals surface area contributed by atoms with Crippen LogP contribution in [0.3, 0.4) is 0 Å². The van der Waals surface area contributed by atoms with Gasteiger partial charge in [0.05, 0.1) is 0 Å². The van der Waals surface area contributed by atoms with E-state index in [4.69, 9.17) is 15.3 Å². The van der Waals surface area contributed by atoms with E-state index >= 15 is 0 Å². The molecule has 2 aromatic rings. The normalized spacial score (nSPS) is 12.1. The summed E-state index contributed by atoms with van der Waals surface area (Å²) in [6.07, 6.45) is 2.06. The highest BCUT2D eigenvalue weighted by Gasteiger charge is 2.14. The Morgan fingerprint density at radius 1 is 1.04 bits per heavy atom. The summed E-state index contributed by atoms with van der Waals surface area (Å²) in [5.74, 6) is 1.22. The number of oxime groups is 1. The molecule has 0 aromatic heterocycles. The molecule has 0 unspecified atom stereocenters. The molecule has 25 heavy (non-hydrogen) atoms. The van der Waals surface area contributed by atoms with Crippen molar-refractivity contribution in [2.45, 2.75) is 26.4 Å². The van der Waals surface area contributed by atoms with Gasteiger partial charge in [0.2, 0.25) is 0 Å². The highest BCUT2D eigenvalue weighted by Crippen LogP contribution is 2.22. The first-order valence-electron chi connectivity index (χ1n) is 8.34. The van der Waals surface area contributed by atoms with E-state index in [0.29, 0.717) is 18.2 Å². The zero-order valence-electron chi connectivity index (χ0n) is 15.0. The van der Waals surface area contributed by atoms with Gasteiger partial charge < -0.3 is 15.3 Å². The summed E-state index contributed by atoms with van der Waals surface area (Å²) in [5, 5.41) is 4.03. The minimum absolute atomic E-state index is 0.320. The van der Waals surface area contributed by atoms with Gasteiger partial charge in [-0.3, -0.25) is 4.99 Å². The van der Waals surface area contributed by atoms with Crippen LogP contribution in [0.4, 0.5) is 0 Å². The highest BCUT2D eigenvalue weighted by molar-refractivity contribution is 6.47. The zero-order valence-corrected chi connectivity index (χ0v) is 15.0. The SMILES string of the molecule is CCCc1ccccc1OCc1ccccc1C(=NOC)C(N)=NC. The van der Waals surface area contributed by atoms with Gasteiger partial charge in [-0.15, -0.1) is 0 Å². The minimum Gasteiger partial charge on any atom is -0.489 e. The molecule has 0 bridgehead atoms. The van der Waals surface area contributed by atoms with Gasteiger partial charge in [-0.25, -0.2) is 0 Å². The topological polar surface area (TPSA) is 69.2 Å². The first-order chi connectivity index (χ1) is 12.2. The number of para-hydroxylation sites is 1. The molecular formula is C20H25N3O2. The van der Waals surface area contributed by atoms with E-state index in [-0.39, 0.29) is 0 Å². The predicted molar refractivity (Wildman–Crippen MR) is 102 cm³/mol. The molecule has 132 valence electrons. The summed E-state index contributed by atoms with van der Waals surface area (Å²) in [7, 11) is 3.11. The summed E-state index contributed by atoms with van der Waals surface area (Å²) >= 11 is 0. The average molecular weight is 339 g/mol. The summed E-state index contributed by atoms with van der Waals surface area (Å²) in [5.41, 5.74) is 9.51. The van der Waals surface area contributed by atoms with Crippen LogP contribution < -0.4 is 10.5 Å². The zero-order chi connectivity index (χ0) is 18.1. The minimum atomic E-state index is 0.320. The molecule has 5 nitrogen and oxygen atoms in total. The molecule has 0 aliphatic rings. The largest absolute Gasteiger partial charge is 0.489 e. The second kappa shape index (κ2) is 9.47. The summed E-state index contributed by atoms with van der Waals surface area (Å²) in [6.45, 7) is 2.57. The standard InChI is InChI=1S/C20H25N3O2/c1-4-9-15-10-6-8-13-18(15)25-14-16-11-5-7-12-17(16)19(23-24-3)20(21)22-2/h5-8,10-13H,4,9,14H2,1-3H3,(H2,21,22). The van der Waals surface area contributed by atoms with Gasteiger partial charge in [0.15, 0.2) is 5.71 Å². The molecule has 0 saturated heterocycles. The molecule has 0 radical (unpaired) electrons. The molecule has 0 spiro atoms. The summed E-state index contributed by atoms with van der Waals surface area (Å²) < 4.78 is 6.08. The second-order valence-electron chi connectivity index (χ2n) is 5.53. The van der Waals surface area contributed by atoms with E-state index in [2.05, 4.69) is 23.1 Å². The van der Waals surface area contributed by atoms with Crippen molar-refractivity contribution in [1.29, 1.82) is 0 Å². The number of nitrogens with zero attached hydrogens (tertiary/aromatic N) is 2. The highest BCUT2D eigenvalue weighted by atomic mass is 16.6. The van der Waals surface area contributed by atoms with Crippen LogP contribution in [-0.4, -0.2) is 25.7 Å². The van der Waals surface area contributed by atoms with Crippen LogP contribution in [0.2, 0.25) is 0 Å². The van der Waals surface area contributed by atoms with Crippen LogP contribution >= 0.6 is 0 Å². The number of aryl methyl sites for hydroxylation is 1. The van der Waals surface area contributed by atoms with E-state index in [9.17, 15) is 0 Å². The maximum Gasteiger partial charge on any atom is 0.152 e. The fourth-order valence-corrected chi connectivity index (χ4v) is 2.58. The number of hydrogen-bond acceptors (Lipinski definition) is 4. The molecule has 2 rings (SSSR count). The number of benzene rings is 2. The third kappa shape index (κ3) is 4.83. The first-order valence-corrected chi connectivity index (χ1v) is 8.34. The summed E-state index contributed by atoms with van der Waals surface area (Å²) in [6, 6.07) is 15.9. The molecule has 2 N–H and O–H groups in total. The van der Waals surface area contributed by atoms with E-state index < -0.39 is 0 Å². The molecule has 0 fully saturated rings. The number of aliphatic imine (C=N–C) groups is 1. The maximum absolute atomic E-state index is 6.08.